The predicted octanol–water partition coefficient (Wildman–Crippen LogP) is 4.74. The maximum atomic E-state index is 4.96. The van der Waals surface area contributed by atoms with Gasteiger partial charge >= 0.3 is 0 Å². The molecule has 0 aliphatic heterocycles. The second-order valence-electron chi connectivity index (χ2n) is 8.63. The van der Waals surface area contributed by atoms with E-state index in [2.05, 4.69) is 105 Å². The van der Waals surface area contributed by atoms with Crippen molar-refractivity contribution in [2.24, 2.45) is 0 Å². The van der Waals surface area contributed by atoms with Gasteiger partial charge in [-0.25, -0.2) is 4.98 Å². The summed E-state index contributed by atoms with van der Waals surface area (Å²) in [6, 6.07) is 26.3. The number of pyridine rings is 1. The second kappa shape index (κ2) is 5.60. The third kappa shape index (κ3) is 2.16. The van der Waals surface area contributed by atoms with Gasteiger partial charge in [0.05, 0.1) is 11.0 Å². The van der Waals surface area contributed by atoms with Crippen LogP contribution in [0.1, 0.15) is 25.0 Å². The molecule has 138 valence electrons. The lowest BCUT2D eigenvalue weighted by Gasteiger charge is -2.21. The number of fused-ring (bicyclic) bond motifs is 6. The monoisotopic (exact) mass is 372 g/mol. The van der Waals surface area contributed by atoms with Gasteiger partial charge in [-0.05, 0) is 40.5 Å². The van der Waals surface area contributed by atoms with Crippen LogP contribution in [-0.2, 0) is 5.41 Å². The normalized spacial score (nSPS) is 14.3. The SMILES string of the molecule is Bc1ccc2c(c1)c1ccccc1n2-c1cc2c(cn1)C(C)(C)c1ccccc1-2. The van der Waals surface area contributed by atoms with Crippen molar-refractivity contribution in [3.63, 3.8) is 0 Å². The highest BCUT2D eigenvalue weighted by molar-refractivity contribution is 6.33. The molecule has 29 heavy (non-hydrogen) atoms. The van der Waals surface area contributed by atoms with Crippen LogP contribution in [0, 0.1) is 0 Å². The van der Waals surface area contributed by atoms with Crippen molar-refractivity contribution < 1.29 is 0 Å². The van der Waals surface area contributed by atoms with Crippen molar-refractivity contribution in [2.45, 2.75) is 19.3 Å². The molecule has 1 aliphatic carbocycles. The lowest BCUT2D eigenvalue weighted by molar-refractivity contribution is 0.657. The first-order chi connectivity index (χ1) is 14.1. The Morgan fingerprint density at radius 3 is 2.41 bits per heavy atom. The van der Waals surface area contributed by atoms with Crippen LogP contribution in [0.15, 0.2) is 79.0 Å². The van der Waals surface area contributed by atoms with Crippen molar-refractivity contribution in [1.29, 1.82) is 0 Å². The fourth-order valence-corrected chi connectivity index (χ4v) is 5.03. The number of hydrogen-bond donors (Lipinski definition) is 0. The minimum absolute atomic E-state index is 0.0185. The third-order valence-electron chi connectivity index (χ3n) is 6.51. The average Bonchev–Trinajstić information content (AvgIpc) is 3.18. The minimum atomic E-state index is -0.0185. The van der Waals surface area contributed by atoms with E-state index in [1.165, 1.54) is 49.5 Å². The molecule has 0 saturated carbocycles. The topological polar surface area (TPSA) is 17.8 Å². The van der Waals surface area contributed by atoms with Gasteiger partial charge in [-0.1, -0.05) is 73.9 Å². The van der Waals surface area contributed by atoms with Crippen LogP contribution in [0.2, 0.25) is 0 Å². The minimum Gasteiger partial charge on any atom is -0.294 e. The van der Waals surface area contributed by atoms with Gasteiger partial charge < -0.3 is 0 Å². The lowest BCUT2D eigenvalue weighted by atomic mass is 9.83. The number of para-hydroxylation sites is 1. The van der Waals surface area contributed by atoms with Crippen LogP contribution < -0.4 is 5.46 Å². The fourth-order valence-electron chi connectivity index (χ4n) is 5.03. The van der Waals surface area contributed by atoms with Crippen LogP contribution in [0.3, 0.4) is 0 Å². The molecule has 0 bridgehead atoms. The molecule has 0 amide bonds. The molecule has 0 N–H and O–H groups in total. The number of rotatable bonds is 1. The zero-order chi connectivity index (χ0) is 19.8. The molecule has 0 spiro atoms. The molecule has 3 heteroatoms. The molecule has 0 unspecified atom stereocenters. The third-order valence-corrected chi connectivity index (χ3v) is 6.51. The van der Waals surface area contributed by atoms with E-state index in [9.17, 15) is 0 Å². The van der Waals surface area contributed by atoms with Crippen molar-refractivity contribution in [1.82, 2.24) is 9.55 Å². The van der Waals surface area contributed by atoms with Gasteiger partial charge in [0.2, 0.25) is 0 Å². The van der Waals surface area contributed by atoms with Gasteiger partial charge in [-0.2, -0.15) is 0 Å². The molecule has 0 fully saturated rings. The Labute approximate surface area is 171 Å². The summed E-state index contributed by atoms with van der Waals surface area (Å²) < 4.78 is 2.30. The van der Waals surface area contributed by atoms with Crippen molar-refractivity contribution in [3.05, 3.63) is 90.1 Å². The van der Waals surface area contributed by atoms with Crippen molar-refractivity contribution in [2.75, 3.05) is 0 Å². The predicted molar refractivity (Wildman–Crippen MR) is 124 cm³/mol. The summed E-state index contributed by atoms with van der Waals surface area (Å²) in [4.78, 5) is 4.96. The molecule has 2 aromatic heterocycles. The Morgan fingerprint density at radius 2 is 1.52 bits per heavy atom. The van der Waals surface area contributed by atoms with Gasteiger partial charge in [0.1, 0.15) is 13.7 Å². The van der Waals surface area contributed by atoms with Gasteiger partial charge in [0, 0.05) is 22.4 Å². The standard InChI is InChI=1S/C26H21BN2/c1-26(2)21-9-5-3-7-17(21)19-14-25(28-15-22(19)26)29-23-10-6-4-8-18(23)20-13-16(27)11-12-24(20)29/h3-15H,27H2,1-2H3. The molecular weight excluding hydrogens is 351 g/mol. The molecule has 0 saturated heterocycles. The zero-order valence-electron chi connectivity index (χ0n) is 16.9. The molecule has 2 heterocycles. The second-order valence-corrected chi connectivity index (χ2v) is 8.63. The van der Waals surface area contributed by atoms with E-state index in [0.29, 0.717) is 0 Å². The Kier molecular flexibility index (Phi) is 3.21. The van der Waals surface area contributed by atoms with E-state index in [1.807, 2.05) is 0 Å². The van der Waals surface area contributed by atoms with Crippen LogP contribution in [0.25, 0.3) is 38.8 Å². The quantitative estimate of drug-likeness (QED) is 0.389. The Hall–Kier alpha value is -3.33. The van der Waals surface area contributed by atoms with Crippen LogP contribution in [0.4, 0.5) is 0 Å². The van der Waals surface area contributed by atoms with Gasteiger partial charge in [0.25, 0.3) is 0 Å². The van der Waals surface area contributed by atoms with Crippen molar-refractivity contribution >= 4 is 35.1 Å². The van der Waals surface area contributed by atoms with Crippen molar-refractivity contribution in [3.8, 4) is 16.9 Å². The molecule has 1 aliphatic rings. The zero-order valence-corrected chi connectivity index (χ0v) is 16.9. The average molecular weight is 372 g/mol. The maximum Gasteiger partial charge on any atom is 0.139 e. The van der Waals surface area contributed by atoms with E-state index in [1.54, 1.807) is 0 Å². The van der Waals surface area contributed by atoms with E-state index < -0.39 is 0 Å². The summed E-state index contributed by atoms with van der Waals surface area (Å²) in [5.41, 5.74) is 8.97. The van der Waals surface area contributed by atoms with E-state index in [0.717, 1.165) is 5.82 Å². The van der Waals surface area contributed by atoms with Gasteiger partial charge in [-0.15, -0.1) is 0 Å². The highest BCUT2D eigenvalue weighted by Gasteiger charge is 2.35. The number of nitrogens with zero attached hydrogens (tertiary/aromatic N) is 2. The number of benzene rings is 3. The first-order valence-electron chi connectivity index (χ1n) is 10.2. The molecule has 2 nitrogen and oxygen atoms in total. The summed E-state index contributed by atoms with van der Waals surface area (Å²) in [5.74, 6) is 0.978. The summed E-state index contributed by atoms with van der Waals surface area (Å²) in [5, 5.41) is 2.55. The Bertz CT molecular complexity index is 1440. The Morgan fingerprint density at radius 1 is 0.759 bits per heavy atom. The smallest absolute Gasteiger partial charge is 0.139 e. The molecule has 0 atom stereocenters. The Balaban J connectivity index is 1.69. The number of aromatic nitrogens is 2. The lowest BCUT2D eigenvalue weighted by Crippen LogP contribution is -2.15. The largest absolute Gasteiger partial charge is 0.294 e. The van der Waals surface area contributed by atoms with E-state index in [4.69, 9.17) is 4.98 Å². The van der Waals surface area contributed by atoms with Crippen LogP contribution in [-0.4, -0.2) is 17.4 Å². The van der Waals surface area contributed by atoms with E-state index >= 15 is 0 Å². The molecule has 3 aromatic carbocycles. The van der Waals surface area contributed by atoms with Gasteiger partial charge in [-0.3, -0.25) is 4.57 Å². The summed E-state index contributed by atoms with van der Waals surface area (Å²) in [6.07, 6.45) is 2.08. The fraction of sp³-hybridized carbons (Fsp3) is 0.115. The highest BCUT2D eigenvalue weighted by Crippen LogP contribution is 2.48. The first-order valence-corrected chi connectivity index (χ1v) is 10.2. The summed E-state index contributed by atoms with van der Waals surface area (Å²) in [7, 11) is 2.15. The molecular formula is C26H21BN2. The summed E-state index contributed by atoms with van der Waals surface area (Å²) in [6.45, 7) is 4.59. The first kappa shape index (κ1) is 16.6. The molecule has 0 radical (unpaired) electrons. The molecule has 5 aromatic rings. The van der Waals surface area contributed by atoms with Crippen LogP contribution >= 0.6 is 0 Å². The highest BCUT2D eigenvalue weighted by atomic mass is 15.1. The van der Waals surface area contributed by atoms with E-state index in [-0.39, 0.29) is 5.41 Å². The summed E-state index contributed by atoms with van der Waals surface area (Å²) >= 11 is 0. The van der Waals surface area contributed by atoms with Crippen LogP contribution in [0.5, 0.6) is 0 Å². The maximum absolute atomic E-state index is 4.96. The van der Waals surface area contributed by atoms with Gasteiger partial charge in [0.15, 0.2) is 0 Å². The molecule has 6 rings (SSSR count). The number of hydrogen-bond acceptors (Lipinski definition) is 1.